The van der Waals surface area contributed by atoms with E-state index in [1.807, 2.05) is 0 Å². The first kappa shape index (κ1) is 8.40. The Labute approximate surface area is 70.2 Å². The average molecular weight is 176 g/mol. The number of ether oxygens (including phenoxy) is 4. The van der Waals surface area contributed by atoms with E-state index in [-0.39, 0.29) is 31.7 Å². The van der Waals surface area contributed by atoms with Gasteiger partial charge in [-0.3, -0.25) is 0 Å². The number of aliphatic hydroxyl groups is 1. The van der Waals surface area contributed by atoms with Gasteiger partial charge in [0.25, 0.3) is 0 Å². The third-order valence-corrected chi connectivity index (χ3v) is 2.10. The van der Waals surface area contributed by atoms with Gasteiger partial charge in [0.15, 0.2) is 0 Å². The Morgan fingerprint density at radius 1 is 1.17 bits per heavy atom. The van der Waals surface area contributed by atoms with Gasteiger partial charge in [-0.15, -0.1) is 0 Å². The molecule has 0 aromatic rings. The Hall–Kier alpha value is -0.200. The van der Waals surface area contributed by atoms with E-state index in [0.717, 1.165) is 0 Å². The summed E-state index contributed by atoms with van der Waals surface area (Å²) in [7, 11) is 0. The van der Waals surface area contributed by atoms with Crippen molar-refractivity contribution in [3.8, 4) is 0 Å². The molecule has 70 valence electrons. The molecule has 2 rings (SSSR count). The molecule has 0 aromatic carbocycles. The zero-order valence-electron chi connectivity index (χ0n) is 6.64. The summed E-state index contributed by atoms with van der Waals surface area (Å²) in [6.45, 7) is 1.02. The van der Waals surface area contributed by atoms with Crippen molar-refractivity contribution in [1.29, 1.82) is 0 Å². The van der Waals surface area contributed by atoms with Gasteiger partial charge in [0.05, 0.1) is 13.2 Å². The zero-order valence-corrected chi connectivity index (χ0v) is 6.64. The first-order chi connectivity index (χ1) is 5.92. The van der Waals surface area contributed by atoms with E-state index in [4.69, 9.17) is 24.1 Å². The molecule has 0 saturated carbocycles. The van der Waals surface area contributed by atoms with Crippen LogP contribution in [0.4, 0.5) is 0 Å². The normalized spacial score (nSPS) is 42.2. The van der Waals surface area contributed by atoms with Crippen molar-refractivity contribution in [2.24, 2.45) is 0 Å². The molecule has 0 radical (unpaired) electrons. The summed E-state index contributed by atoms with van der Waals surface area (Å²) in [6, 6.07) is 0. The molecule has 2 aliphatic heterocycles. The maximum atomic E-state index is 8.90. The molecule has 2 fully saturated rings. The highest BCUT2D eigenvalue weighted by molar-refractivity contribution is 4.82. The number of hydrogen-bond acceptors (Lipinski definition) is 5. The number of rotatable bonds is 2. The fourth-order valence-corrected chi connectivity index (χ4v) is 1.45. The maximum Gasteiger partial charge on any atom is 0.147 e. The van der Waals surface area contributed by atoms with Crippen molar-refractivity contribution >= 4 is 0 Å². The highest BCUT2D eigenvalue weighted by Crippen LogP contribution is 2.20. The topological polar surface area (TPSA) is 57.2 Å². The molecule has 2 heterocycles. The minimum atomic E-state index is -0.267. The molecular weight excluding hydrogens is 164 g/mol. The van der Waals surface area contributed by atoms with E-state index in [9.17, 15) is 0 Å². The monoisotopic (exact) mass is 176 g/mol. The molecule has 3 atom stereocenters. The zero-order chi connectivity index (χ0) is 8.39. The summed E-state index contributed by atoms with van der Waals surface area (Å²) >= 11 is 0. The van der Waals surface area contributed by atoms with Crippen molar-refractivity contribution < 1.29 is 24.1 Å². The van der Waals surface area contributed by atoms with E-state index < -0.39 is 0 Å². The number of aliphatic hydroxyl groups excluding tert-OH is 1. The summed E-state index contributed by atoms with van der Waals surface area (Å²) in [5.74, 6) is 0. The van der Waals surface area contributed by atoms with Crippen LogP contribution in [0.1, 0.15) is 0 Å². The molecule has 1 N–H and O–H groups in total. The standard InChI is InChI=1S/C7H12O5/c8-1-5-7(12-4-11-5)6-2-9-3-10-6/h5-8H,1-4H2. The van der Waals surface area contributed by atoms with Crippen LogP contribution in [0.3, 0.4) is 0 Å². The van der Waals surface area contributed by atoms with Crippen molar-refractivity contribution in [3.63, 3.8) is 0 Å². The lowest BCUT2D eigenvalue weighted by Gasteiger charge is -2.18. The van der Waals surface area contributed by atoms with Gasteiger partial charge in [0.1, 0.15) is 31.9 Å². The van der Waals surface area contributed by atoms with Crippen LogP contribution in [0.25, 0.3) is 0 Å². The lowest BCUT2D eigenvalue weighted by molar-refractivity contribution is -0.0308. The van der Waals surface area contributed by atoms with Crippen LogP contribution in [0.15, 0.2) is 0 Å². The lowest BCUT2D eigenvalue weighted by Crippen LogP contribution is -2.38. The van der Waals surface area contributed by atoms with Gasteiger partial charge in [-0.05, 0) is 0 Å². The van der Waals surface area contributed by atoms with Crippen LogP contribution in [0, 0.1) is 0 Å². The van der Waals surface area contributed by atoms with Gasteiger partial charge in [0, 0.05) is 0 Å². The lowest BCUT2D eigenvalue weighted by atomic mass is 10.1. The summed E-state index contributed by atoms with van der Waals surface area (Å²) in [5, 5.41) is 8.90. The third kappa shape index (κ3) is 1.46. The van der Waals surface area contributed by atoms with Crippen LogP contribution >= 0.6 is 0 Å². The van der Waals surface area contributed by atoms with Crippen molar-refractivity contribution in [3.05, 3.63) is 0 Å². The SMILES string of the molecule is OCC1OCOC1C1COCO1. The fraction of sp³-hybridized carbons (Fsp3) is 1.00. The Balaban J connectivity index is 1.92. The second-order valence-corrected chi connectivity index (χ2v) is 2.83. The highest BCUT2D eigenvalue weighted by Gasteiger charge is 2.38. The largest absolute Gasteiger partial charge is 0.394 e. The second-order valence-electron chi connectivity index (χ2n) is 2.83. The van der Waals surface area contributed by atoms with Crippen molar-refractivity contribution in [2.45, 2.75) is 18.3 Å². The van der Waals surface area contributed by atoms with Crippen LogP contribution in [-0.4, -0.2) is 50.2 Å². The van der Waals surface area contributed by atoms with Crippen molar-refractivity contribution in [1.82, 2.24) is 0 Å². The Morgan fingerprint density at radius 3 is 2.75 bits per heavy atom. The molecule has 2 saturated heterocycles. The van der Waals surface area contributed by atoms with Crippen LogP contribution in [0.5, 0.6) is 0 Å². The van der Waals surface area contributed by atoms with E-state index >= 15 is 0 Å². The van der Waals surface area contributed by atoms with E-state index in [1.54, 1.807) is 0 Å². The molecular formula is C7H12O5. The fourth-order valence-electron chi connectivity index (χ4n) is 1.45. The van der Waals surface area contributed by atoms with Crippen molar-refractivity contribution in [2.75, 3.05) is 26.8 Å². The predicted octanol–water partition coefficient (Wildman–Crippen LogP) is -0.907. The summed E-state index contributed by atoms with van der Waals surface area (Å²) < 4.78 is 20.6. The quantitative estimate of drug-likeness (QED) is 0.590. The molecule has 0 bridgehead atoms. The molecule has 0 amide bonds. The van der Waals surface area contributed by atoms with Gasteiger partial charge in [0.2, 0.25) is 0 Å². The first-order valence-corrected chi connectivity index (χ1v) is 3.95. The second kappa shape index (κ2) is 3.68. The predicted molar refractivity (Wildman–Crippen MR) is 37.4 cm³/mol. The van der Waals surface area contributed by atoms with Gasteiger partial charge >= 0.3 is 0 Å². The molecule has 5 heteroatoms. The smallest absolute Gasteiger partial charge is 0.147 e. The average Bonchev–Trinajstić information content (AvgIpc) is 2.74. The summed E-state index contributed by atoms with van der Waals surface area (Å²) in [5.41, 5.74) is 0. The molecule has 5 nitrogen and oxygen atoms in total. The van der Waals surface area contributed by atoms with Crippen LogP contribution < -0.4 is 0 Å². The molecule has 12 heavy (non-hydrogen) atoms. The Kier molecular flexibility index (Phi) is 2.57. The van der Waals surface area contributed by atoms with Gasteiger partial charge in [-0.25, -0.2) is 0 Å². The van der Waals surface area contributed by atoms with E-state index in [2.05, 4.69) is 0 Å². The molecule has 3 unspecified atom stereocenters. The Morgan fingerprint density at radius 2 is 2.08 bits per heavy atom. The minimum absolute atomic E-state index is 0.0372. The van der Waals surface area contributed by atoms with Gasteiger partial charge in [-0.1, -0.05) is 0 Å². The molecule has 0 spiro atoms. The number of hydrogen-bond donors (Lipinski definition) is 1. The molecule has 0 aromatic heterocycles. The highest BCUT2D eigenvalue weighted by atomic mass is 16.7. The first-order valence-electron chi connectivity index (χ1n) is 3.95. The van der Waals surface area contributed by atoms with Crippen LogP contribution in [0.2, 0.25) is 0 Å². The molecule has 2 aliphatic rings. The van der Waals surface area contributed by atoms with E-state index in [0.29, 0.717) is 13.4 Å². The Bertz CT molecular complexity index is 145. The van der Waals surface area contributed by atoms with Gasteiger partial charge in [-0.2, -0.15) is 0 Å². The van der Waals surface area contributed by atoms with Gasteiger partial charge < -0.3 is 24.1 Å². The third-order valence-electron chi connectivity index (χ3n) is 2.10. The summed E-state index contributed by atoms with van der Waals surface area (Å²) in [4.78, 5) is 0. The van der Waals surface area contributed by atoms with E-state index in [1.165, 1.54) is 0 Å². The maximum absolute atomic E-state index is 8.90. The summed E-state index contributed by atoms with van der Waals surface area (Å²) in [6.07, 6.45) is -0.543. The van der Waals surface area contributed by atoms with Crippen LogP contribution in [-0.2, 0) is 18.9 Å². The molecule has 0 aliphatic carbocycles. The minimum Gasteiger partial charge on any atom is -0.394 e.